The summed E-state index contributed by atoms with van der Waals surface area (Å²) in [5.74, 6) is 1.42. The summed E-state index contributed by atoms with van der Waals surface area (Å²) in [4.78, 5) is 0. The van der Waals surface area contributed by atoms with Crippen LogP contribution in [0.5, 0.6) is 0 Å². The summed E-state index contributed by atoms with van der Waals surface area (Å²) >= 11 is 0. The van der Waals surface area contributed by atoms with Gasteiger partial charge >= 0.3 is 0 Å². The molecule has 110 valence electrons. The highest BCUT2D eigenvalue weighted by atomic mass is 16.3. The summed E-state index contributed by atoms with van der Waals surface area (Å²) in [5.41, 5.74) is 0.359. The molecule has 3 aliphatic rings. The summed E-state index contributed by atoms with van der Waals surface area (Å²) in [6, 6.07) is 0. The molecule has 0 radical (unpaired) electrons. The van der Waals surface area contributed by atoms with Crippen molar-refractivity contribution in [1.29, 1.82) is 0 Å². The molecule has 1 spiro atoms. The average molecular weight is 264 g/mol. The van der Waals surface area contributed by atoms with Crippen LogP contribution in [0.3, 0.4) is 0 Å². The third kappa shape index (κ3) is 2.60. The number of rotatable bonds is 2. The monoisotopic (exact) mass is 264 g/mol. The lowest BCUT2D eigenvalue weighted by molar-refractivity contribution is -0.104. The van der Waals surface area contributed by atoms with Crippen LogP contribution < -0.4 is 0 Å². The van der Waals surface area contributed by atoms with E-state index in [0.29, 0.717) is 11.3 Å². The van der Waals surface area contributed by atoms with Gasteiger partial charge in [-0.3, -0.25) is 0 Å². The number of hydrogen-bond acceptors (Lipinski definition) is 1. The zero-order valence-corrected chi connectivity index (χ0v) is 12.8. The fourth-order valence-corrected chi connectivity index (χ4v) is 5.61. The summed E-state index contributed by atoms with van der Waals surface area (Å²) < 4.78 is 0. The van der Waals surface area contributed by atoms with Crippen molar-refractivity contribution in [2.45, 2.75) is 96.0 Å². The zero-order chi connectivity index (χ0) is 13.3. The maximum Gasteiger partial charge on any atom is 0.0678 e. The van der Waals surface area contributed by atoms with Crippen molar-refractivity contribution >= 4 is 0 Å². The minimum Gasteiger partial charge on any atom is -0.390 e. The van der Waals surface area contributed by atoms with Gasteiger partial charge in [0.1, 0.15) is 0 Å². The molecule has 0 aromatic carbocycles. The first-order valence-electron chi connectivity index (χ1n) is 8.90. The van der Waals surface area contributed by atoms with E-state index >= 15 is 0 Å². The van der Waals surface area contributed by atoms with Gasteiger partial charge < -0.3 is 5.11 Å². The highest BCUT2D eigenvalue weighted by Crippen LogP contribution is 2.55. The maximum absolute atomic E-state index is 11.2. The highest BCUT2D eigenvalue weighted by Gasteiger charge is 2.48. The Morgan fingerprint density at radius 2 is 1.47 bits per heavy atom. The molecular weight excluding hydrogens is 232 g/mol. The van der Waals surface area contributed by atoms with Gasteiger partial charge in [0.15, 0.2) is 0 Å². The lowest BCUT2D eigenvalue weighted by Crippen LogP contribution is -2.47. The van der Waals surface area contributed by atoms with E-state index in [1.807, 2.05) is 0 Å². The zero-order valence-electron chi connectivity index (χ0n) is 12.8. The Morgan fingerprint density at radius 3 is 2.11 bits per heavy atom. The SMILES string of the molecule is CCC1CCCCC1C1(O)CCC2(CCCC2)CC1. The van der Waals surface area contributed by atoms with Crippen LogP contribution in [0.15, 0.2) is 0 Å². The van der Waals surface area contributed by atoms with Crippen LogP contribution in [0.4, 0.5) is 0 Å². The van der Waals surface area contributed by atoms with Gasteiger partial charge in [-0.2, -0.15) is 0 Å². The van der Waals surface area contributed by atoms with Gasteiger partial charge in [0.25, 0.3) is 0 Å². The molecule has 3 rings (SSSR count). The molecule has 3 aliphatic carbocycles. The topological polar surface area (TPSA) is 20.2 Å². The van der Waals surface area contributed by atoms with Crippen molar-refractivity contribution in [2.24, 2.45) is 17.3 Å². The molecule has 0 aromatic rings. The quantitative estimate of drug-likeness (QED) is 0.738. The third-order valence-corrected chi connectivity index (χ3v) is 6.96. The van der Waals surface area contributed by atoms with E-state index in [0.717, 1.165) is 18.8 Å². The molecule has 1 nitrogen and oxygen atoms in total. The van der Waals surface area contributed by atoms with E-state index in [4.69, 9.17) is 0 Å². The van der Waals surface area contributed by atoms with Crippen molar-refractivity contribution in [3.8, 4) is 0 Å². The van der Waals surface area contributed by atoms with Gasteiger partial charge in [-0.25, -0.2) is 0 Å². The molecular formula is C18H32O. The first-order valence-corrected chi connectivity index (χ1v) is 8.90. The Labute approximate surface area is 119 Å². The first-order chi connectivity index (χ1) is 9.18. The Morgan fingerprint density at radius 1 is 0.842 bits per heavy atom. The van der Waals surface area contributed by atoms with E-state index in [1.54, 1.807) is 0 Å². The molecule has 3 saturated carbocycles. The summed E-state index contributed by atoms with van der Waals surface area (Å²) in [6.45, 7) is 2.33. The van der Waals surface area contributed by atoms with Crippen molar-refractivity contribution in [3.63, 3.8) is 0 Å². The van der Waals surface area contributed by atoms with Gasteiger partial charge in [-0.15, -0.1) is 0 Å². The number of hydrogen-bond donors (Lipinski definition) is 1. The molecule has 0 amide bonds. The molecule has 2 unspecified atom stereocenters. The van der Waals surface area contributed by atoms with E-state index in [9.17, 15) is 5.11 Å². The molecule has 0 aliphatic heterocycles. The van der Waals surface area contributed by atoms with E-state index in [2.05, 4.69) is 6.92 Å². The standard InChI is InChI=1S/C18H32O/c1-2-15-7-3-4-8-16(15)18(19)13-11-17(12-14-18)9-5-6-10-17/h15-16,19H,2-14H2,1H3. The second kappa shape index (κ2) is 5.39. The van der Waals surface area contributed by atoms with Crippen LogP contribution in [-0.4, -0.2) is 10.7 Å². The minimum absolute atomic E-state index is 0.297. The summed E-state index contributed by atoms with van der Waals surface area (Å²) in [6.07, 6.45) is 17.3. The molecule has 0 heterocycles. The predicted molar refractivity (Wildman–Crippen MR) is 80.1 cm³/mol. The largest absolute Gasteiger partial charge is 0.390 e. The van der Waals surface area contributed by atoms with Crippen LogP contribution in [-0.2, 0) is 0 Å². The molecule has 3 fully saturated rings. The van der Waals surface area contributed by atoms with Gasteiger partial charge in [0, 0.05) is 0 Å². The Hall–Kier alpha value is -0.0400. The maximum atomic E-state index is 11.2. The smallest absolute Gasteiger partial charge is 0.0678 e. The Bertz CT molecular complexity index is 293. The van der Waals surface area contributed by atoms with Gasteiger partial charge in [0.2, 0.25) is 0 Å². The lowest BCUT2D eigenvalue weighted by atomic mass is 9.59. The second-order valence-electron chi connectivity index (χ2n) is 7.87. The van der Waals surface area contributed by atoms with Gasteiger partial charge in [0.05, 0.1) is 5.60 Å². The second-order valence-corrected chi connectivity index (χ2v) is 7.87. The summed E-state index contributed by atoms with van der Waals surface area (Å²) in [5, 5.41) is 11.2. The van der Waals surface area contributed by atoms with Crippen molar-refractivity contribution < 1.29 is 5.11 Å². The highest BCUT2D eigenvalue weighted by molar-refractivity contribution is 5.00. The minimum atomic E-state index is -0.297. The fourth-order valence-electron chi connectivity index (χ4n) is 5.61. The fraction of sp³-hybridized carbons (Fsp3) is 1.00. The Kier molecular flexibility index (Phi) is 3.95. The third-order valence-electron chi connectivity index (χ3n) is 6.96. The van der Waals surface area contributed by atoms with Crippen LogP contribution in [0.2, 0.25) is 0 Å². The summed E-state index contributed by atoms with van der Waals surface area (Å²) in [7, 11) is 0. The van der Waals surface area contributed by atoms with Crippen LogP contribution >= 0.6 is 0 Å². The van der Waals surface area contributed by atoms with E-state index in [1.165, 1.54) is 70.6 Å². The first kappa shape index (κ1) is 13.9. The number of aliphatic hydroxyl groups is 1. The van der Waals surface area contributed by atoms with Crippen molar-refractivity contribution in [1.82, 2.24) is 0 Å². The van der Waals surface area contributed by atoms with Crippen LogP contribution in [0.25, 0.3) is 0 Å². The molecule has 0 aromatic heterocycles. The van der Waals surface area contributed by atoms with E-state index < -0.39 is 0 Å². The van der Waals surface area contributed by atoms with Gasteiger partial charge in [-0.1, -0.05) is 45.4 Å². The van der Waals surface area contributed by atoms with Crippen LogP contribution in [0.1, 0.15) is 90.4 Å². The van der Waals surface area contributed by atoms with E-state index in [-0.39, 0.29) is 5.60 Å². The van der Waals surface area contributed by atoms with Crippen molar-refractivity contribution in [3.05, 3.63) is 0 Å². The Balaban J connectivity index is 1.66. The van der Waals surface area contributed by atoms with Gasteiger partial charge in [-0.05, 0) is 62.2 Å². The lowest BCUT2D eigenvalue weighted by Gasteiger charge is -2.49. The van der Waals surface area contributed by atoms with Crippen molar-refractivity contribution in [2.75, 3.05) is 0 Å². The average Bonchev–Trinajstić information content (AvgIpc) is 2.91. The molecule has 1 N–H and O–H groups in total. The molecule has 1 heteroatoms. The van der Waals surface area contributed by atoms with Crippen LogP contribution in [0, 0.1) is 17.3 Å². The normalized spacial score (nSPS) is 37.6. The molecule has 19 heavy (non-hydrogen) atoms. The molecule has 0 saturated heterocycles. The molecule has 2 atom stereocenters. The molecule has 0 bridgehead atoms. The predicted octanol–water partition coefficient (Wildman–Crippen LogP) is 5.07.